The van der Waals surface area contributed by atoms with E-state index in [1.54, 1.807) is 0 Å². The highest BCUT2D eigenvalue weighted by molar-refractivity contribution is 8.00. The van der Waals surface area contributed by atoms with E-state index in [-0.39, 0.29) is 6.04 Å². The molecule has 0 amide bonds. The number of nitrogens with two attached hydrogens (primary N) is 1. The summed E-state index contributed by atoms with van der Waals surface area (Å²) in [6.45, 7) is 4.35. The van der Waals surface area contributed by atoms with Crippen LogP contribution < -0.4 is 5.73 Å². The second kappa shape index (κ2) is 3.95. The molecule has 0 aliphatic carbocycles. The van der Waals surface area contributed by atoms with Gasteiger partial charge in [-0.1, -0.05) is 19.1 Å². The van der Waals surface area contributed by atoms with Gasteiger partial charge in [0.25, 0.3) is 0 Å². The SMILES string of the molecule is CC(N)Cc1ccc2c(c1)CC(C)S2. The predicted octanol–water partition coefficient (Wildman–Crippen LogP) is 2.61. The number of hydrogen-bond donors (Lipinski definition) is 1. The van der Waals surface area contributed by atoms with Crippen LogP contribution in [0.3, 0.4) is 0 Å². The fraction of sp³-hybridized carbons (Fsp3) is 0.500. The molecule has 2 unspecified atom stereocenters. The molecule has 2 rings (SSSR count). The average Bonchev–Trinajstić information content (AvgIpc) is 2.42. The third-order valence-corrected chi connectivity index (χ3v) is 3.74. The van der Waals surface area contributed by atoms with E-state index in [2.05, 4.69) is 32.0 Å². The third kappa shape index (κ3) is 2.12. The maximum absolute atomic E-state index is 5.79. The maximum atomic E-state index is 5.79. The zero-order valence-electron chi connectivity index (χ0n) is 8.79. The third-order valence-electron chi connectivity index (χ3n) is 2.52. The van der Waals surface area contributed by atoms with E-state index in [0.29, 0.717) is 0 Å². The Bertz CT molecular complexity index is 333. The second-order valence-electron chi connectivity index (χ2n) is 4.26. The van der Waals surface area contributed by atoms with Gasteiger partial charge in [-0.05, 0) is 37.0 Å². The molecule has 2 heteroatoms. The van der Waals surface area contributed by atoms with Crippen molar-refractivity contribution in [3.8, 4) is 0 Å². The lowest BCUT2D eigenvalue weighted by atomic mass is 10.0. The number of fused-ring (bicyclic) bond motifs is 1. The highest BCUT2D eigenvalue weighted by Crippen LogP contribution is 2.37. The first kappa shape index (κ1) is 10.1. The van der Waals surface area contributed by atoms with Crippen LogP contribution in [-0.4, -0.2) is 11.3 Å². The molecule has 0 radical (unpaired) electrons. The van der Waals surface area contributed by atoms with E-state index in [1.165, 1.54) is 22.4 Å². The number of thioether (sulfide) groups is 1. The van der Waals surface area contributed by atoms with Gasteiger partial charge in [-0.3, -0.25) is 0 Å². The fourth-order valence-electron chi connectivity index (χ4n) is 1.97. The molecule has 0 saturated carbocycles. The van der Waals surface area contributed by atoms with Crippen molar-refractivity contribution in [1.29, 1.82) is 0 Å². The molecule has 1 aliphatic rings. The lowest BCUT2D eigenvalue weighted by molar-refractivity contribution is 0.736. The first-order valence-electron chi connectivity index (χ1n) is 5.19. The normalized spacial score (nSPS) is 22.1. The van der Waals surface area contributed by atoms with Crippen LogP contribution in [0.2, 0.25) is 0 Å². The Morgan fingerprint density at radius 2 is 2.36 bits per heavy atom. The monoisotopic (exact) mass is 207 g/mol. The quantitative estimate of drug-likeness (QED) is 0.806. The summed E-state index contributed by atoms with van der Waals surface area (Å²) in [5.41, 5.74) is 8.69. The molecule has 2 atom stereocenters. The van der Waals surface area contributed by atoms with Crippen molar-refractivity contribution in [3.05, 3.63) is 29.3 Å². The average molecular weight is 207 g/mol. The molecule has 1 heterocycles. The van der Waals surface area contributed by atoms with Crippen molar-refractivity contribution in [2.45, 2.75) is 42.9 Å². The highest BCUT2D eigenvalue weighted by Gasteiger charge is 2.18. The van der Waals surface area contributed by atoms with Crippen LogP contribution in [0.1, 0.15) is 25.0 Å². The topological polar surface area (TPSA) is 26.0 Å². The van der Waals surface area contributed by atoms with Gasteiger partial charge in [0.2, 0.25) is 0 Å². The molecule has 0 saturated heterocycles. The van der Waals surface area contributed by atoms with Crippen molar-refractivity contribution in [3.63, 3.8) is 0 Å². The molecule has 2 N–H and O–H groups in total. The minimum Gasteiger partial charge on any atom is -0.328 e. The largest absolute Gasteiger partial charge is 0.328 e. The van der Waals surface area contributed by atoms with Gasteiger partial charge < -0.3 is 5.73 Å². The van der Waals surface area contributed by atoms with Crippen LogP contribution in [0.5, 0.6) is 0 Å². The van der Waals surface area contributed by atoms with Crippen molar-refractivity contribution < 1.29 is 0 Å². The zero-order chi connectivity index (χ0) is 10.1. The van der Waals surface area contributed by atoms with Gasteiger partial charge in [-0.2, -0.15) is 0 Å². The van der Waals surface area contributed by atoms with E-state index in [4.69, 9.17) is 5.73 Å². The molecule has 1 aromatic carbocycles. The molecular formula is C12H17NS. The van der Waals surface area contributed by atoms with Crippen molar-refractivity contribution in [1.82, 2.24) is 0 Å². The summed E-state index contributed by atoms with van der Waals surface area (Å²) in [6, 6.07) is 7.06. The second-order valence-corrected chi connectivity index (χ2v) is 5.74. The number of hydrogen-bond acceptors (Lipinski definition) is 2. The molecule has 0 aromatic heterocycles. The molecule has 0 fully saturated rings. The Morgan fingerprint density at radius 1 is 1.57 bits per heavy atom. The highest BCUT2D eigenvalue weighted by atomic mass is 32.2. The van der Waals surface area contributed by atoms with Gasteiger partial charge in [0.05, 0.1) is 0 Å². The Kier molecular flexibility index (Phi) is 2.84. The van der Waals surface area contributed by atoms with E-state index < -0.39 is 0 Å². The lowest BCUT2D eigenvalue weighted by Crippen LogP contribution is -2.17. The van der Waals surface area contributed by atoms with Gasteiger partial charge in [-0.15, -0.1) is 11.8 Å². The molecule has 1 aromatic rings. The molecule has 0 spiro atoms. The number of benzene rings is 1. The molecule has 76 valence electrons. The van der Waals surface area contributed by atoms with Gasteiger partial charge in [0.15, 0.2) is 0 Å². The number of rotatable bonds is 2. The van der Waals surface area contributed by atoms with E-state index in [0.717, 1.165) is 11.7 Å². The van der Waals surface area contributed by atoms with Gasteiger partial charge in [0.1, 0.15) is 0 Å². The summed E-state index contributed by atoms with van der Waals surface area (Å²) in [5, 5.41) is 0.746. The van der Waals surface area contributed by atoms with Crippen LogP contribution in [0.15, 0.2) is 23.1 Å². The van der Waals surface area contributed by atoms with E-state index in [1.807, 2.05) is 11.8 Å². The van der Waals surface area contributed by atoms with Crippen molar-refractivity contribution in [2.24, 2.45) is 5.73 Å². The standard InChI is InChI=1S/C12H17NS/c1-8(13)5-10-3-4-12-11(7-10)6-9(2)14-12/h3-4,7-9H,5-6,13H2,1-2H3. The van der Waals surface area contributed by atoms with Crippen LogP contribution in [0.4, 0.5) is 0 Å². The molecule has 1 aliphatic heterocycles. The lowest BCUT2D eigenvalue weighted by Gasteiger charge is -2.06. The van der Waals surface area contributed by atoms with Crippen molar-refractivity contribution in [2.75, 3.05) is 0 Å². The summed E-state index contributed by atoms with van der Waals surface area (Å²) in [5.74, 6) is 0. The minimum absolute atomic E-state index is 0.263. The van der Waals surface area contributed by atoms with Gasteiger partial charge >= 0.3 is 0 Å². The molecule has 14 heavy (non-hydrogen) atoms. The van der Waals surface area contributed by atoms with Crippen molar-refractivity contribution >= 4 is 11.8 Å². The van der Waals surface area contributed by atoms with E-state index in [9.17, 15) is 0 Å². The Labute approximate surface area is 90.1 Å². The Balaban J connectivity index is 2.20. The first-order chi connectivity index (χ1) is 6.65. The summed E-state index contributed by atoms with van der Waals surface area (Å²) in [6.07, 6.45) is 2.21. The van der Waals surface area contributed by atoms with E-state index >= 15 is 0 Å². The van der Waals surface area contributed by atoms with Crippen LogP contribution in [0, 0.1) is 0 Å². The summed E-state index contributed by atoms with van der Waals surface area (Å²) in [7, 11) is 0. The zero-order valence-corrected chi connectivity index (χ0v) is 9.60. The van der Waals surface area contributed by atoms with Gasteiger partial charge in [0, 0.05) is 16.2 Å². The Hall–Kier alpha value is -0.470. The van der Waals surface area contributed by atoms with Crippen LogP contribution in [0.25, 0.3) is 0 Å². The van der Waals surface area contributed by atoms with Gasteiger partial charge in [-0.25, -0.2) is 0 Å². The molecule has 0 bridgehead atoms. The summed E-state index contributed by atoms with van der Waals surface area (Å²) < 4.78 is 0. The smallest absolute Gasteiger partial charge is 0.0107 e. The first-order valence-corrected chi connectivity index (χ1v) is 6.07. The molecule has 1 nitrogen and oxygen atoms in total. The van der Waals surface area contributed by atoms with Crippen LogP contribution >= 0.6 is 11.8 Å². The fourth-order valence-corrected chi connectivity index (χ4v) is 3.11. The summed E-state index contributed by atoms with van der Waals surface area (Å²) in [4.78, 5) is 1.46. The molecular weight excluding hydrogens is 190 g/mol. The minimum atomic E-state index is 0.263. The summed E-state index contributed by atoms with van der Waals surface area (Å²) >= 11 is 1.99. The van der Waals surface area contributed by atoms with Crippen LogP contribution in [-0.2, 0) is 12.8 Å². The maximum Gasteiger partial charge on any atom is 0.0107 e. The Morgan fingerprint density at radius 3 is 3.07 bits per heavy atom. The predicted molar refractivity (Wildman–Crippen MR) is 62.8 cm³/mol.